The summed E-state index contributed by atoms with van der Waals surface area (Å²) in [5.41, 5.74) is 6.55. The summed E-state index contributed by atoms with van der Waals surface area (Å²) < 4.78 is 23.4. The Balaban J connectivity index is 1.90. The Morgan fingerprint density at radius 3 is 2.37 bits per heavy atom. The number of nitrogens with zero attached hydrogens (tertiary/aromatic N) is 3. The van der Waals surface area contributed by atoms with E-state index in [9.17, 15) is 18.3 Å². The SMILES string of the molecule is CS(=O)(=O)c1ccc(N2C(=O)C3(CCCC3)c3c(N)nc(CO)nc32)cc1. The summed E-state index contributed by atoms with van der Waals surface area (Å²) >= 11 is 0. The minimum Gasteiger partial charge on any atom is -0.388 e. The summed E-state index contributed by atoms with van der Waals surface area (Å²) in [6.45, 7) is -0.389. The Labute approximate surface area is 157 Å². The lowest BCUT2D eigenvalue weighted by atomic mass is 9.80. The first kappa shape index (κ1) is 17.9. The van der Waals surface area contributed by atoms with E-state index in [1.54, 1.807) is 12.1 Å². The number of sulfone groups is 1. The molecule has 1 aromatic heterocycles. The molecule has 1 amide bonds. The zero-order valence-corrected chi connectivity index (χ0v) is 15.7. The standard InChI is InChI=1S/C18H20N4O4S/c1-27(25,26)12-6-4-11(5-7-12)22-16-14(15(19)20-13(10-23)21-16)18(17(22)24)8-2-3-9-18/h4-7,23H,2-3,8-10H2,1H3,(H2,19,20,21). The number of aliphatic hydroxyl groups is 1. The zero-order chi connectivity index (χ0) is 19.4. The molecule has 2 aliphatic rings. The molecule has 8 nitrogen and oxygen atoms in total. The predicted octanol–water partition coefficient (Wildman–Crippen LogP) is 1.44. The first-order valence-corrected chi connectivity index (χ1v) is 10.6. The molecule has 0 unspecified atom stereocenters. The molecule has 2 aromatic rings. The molecule has 0 radical (unpaired) electrons. The van der Waals surface area contributed by atoms with E-state index in [0.717, 1.165) is 19.1 Å². The fraction of sp³-hybridized carbons (Fsp3) is 0.389. The minimum atomic E-state index is -3.34. The van der Waals surface area contributed by atoms with Crippen LogP contribution < -0.4 is 10.6 Å². The fourth-order valence-electron chi connectivity index (χ4n) is 4.15. The van der Waals surface area contributed by atoms with Gasteiger partial charge in [-0.1, -0.05) is 12.8 Å². The van der Waals surface area contributed by atoms with E-state index in [1.807, 2.05) is 0 Å². The van der Waals surface area contributed by atoms with Crippen LogP contribution in [0.2, 0.25) is 0 Å². The summed E-state index contributed by atoms with van der Waals surface area (Å²) in [4.78, 5) is 23.6. The summed E-state index contributed by atoms with van der Waals surface area (Å²) in [6, 6.07) is 6.11. The highest BCUT2D eigenvalue weighted by Crippen LogP contribution is 2.54. The first-order valence-electron chi connectivity index (χ1n) is 8.70. The van der Waals surface area contributed by atoms with Gasteiger partial charge < -0.3 is 10.8 Å². The van der Waals surface area contributed by atoms with Gasteiger partial charge in [0.2, 0.25) is 5.91 Å². The molecule has 1 fully saturated rings. The molecule has 3 N–H and O–H groups in total. The zero-order valence-electron chi connectivity index (χ0n) is 14.8. The molecule has 142 valence electrons. The van der Waals surface area contributed by atoms with Crippen LogP contribution >= 0.6 is 0 Å². The molecule has 27 heavy (non-hydrogen) atoms. The topological polar surface area (TPSA) is 126 Å². The monoisotopic (exact) mass is 388 g/mol. The van der Waals surface area contributed by atoms with E-state index in [0.29, 0.717) is 29.9 Å². The van der Waals surface area contributed by atoms with Gasteiger partial charge in [-0.05, 0) is 37.1 Å². The van der Waals surface area contributed by atoms with Crippen LogP contribution in [0.15, 0.2) is 29.2 Å². The average Bonchev–Trinajstić information content (AvgIpc) is 3.20. The molecule has 1 aliphatic carbocycles. The Hall–Kier alpha value is -2.52. The second-order valence-corrected chi connectivity index (χ2v) is 9.09. The fourth-order valence-corrected chi connectivity index (χ4v) is 4.78. The number of nitrogen functional groups attached to an aromatic ring is 1. The van der Waals surface area contributed by atoms with Crippen molar-refractivity contribution >= 4 is 33.1 Å². The second-order valence-electron chi connectivity index (χ2n) is 7.08. The van der Waals surface area contributed by atoms with E-state index < -0.39 is 15.3 Å². The summed E-state index contributed by atoms with van der Waals surface area (Å²) in [5.74, 6) is 0.616. The van der Waals surface area contributed by atoms with Gasteiger partial charge >= 0.3 is 0 Å². The average molecular weight is 388 g/mol. The molecule has 0 atom stereocenters. The molecule has 1 spiro atoms. The van der Waals surface area contributed by atoms with E-state index in [1.165, 1.54) is 17.0 Å². The number of aliphatic hydroxyl groups excluding tert-OH is 1. The van der Waals surface area contributed by atoms with Gasteiger partial charge in [-0.2, -0.15) is 0 Å². The van der Waals surface area contributed by atoms with Gasteiger partial charge in [0.15, 0.2) is 15.7 Å². The van der Waals surface area contributed by atoms with E-state index in [4.69, 9.17) is 5.73 Å². The summed E-state index contributed by atoms with van der Waals surface area (Å²) in [7, 11) is -3.34. The molecule has 1 aromatic carbocycles. The maximum atomic E-state index is 13.4. The Morgan fingerprint density at radius 1 is 1.19 bits per heavy atom. The van der Waals surface area contributed by atoms with Crippen LogP contribution in [0, 0.1) is 0 Å². The third kappa shape index (κ3) is 2.61. The van der Waals surface area contributed by atoms with Gasteiger partial charge in [-0.25, -0.2) is 18.4 Å². The molecule has 1 saturated carbocycles. The number of rotatable bonds is 3. The van der Waals surface area contributed by atoms with Gasteiger partial charge in [0.1, 0.15) is 18.2 Å². The maximum Gasteiger partial charge on any atom is 0.243 e. The lowest BCUT2D eigenvalue weighted by Crippen LogP contribution is -2.36. The summed E-state index contributed by atoms with van der Waals surface area (Å²) in [5, 5.41) is 9.45. The Kier molecular flexibility index (Phi) is 3.97. The van der Waals surface area contributed by atoms with Gasteiger partial charge in [0.25, 0.3) is 0 Å². The first-order chi connectivity index (χ1) is 12.8. The van der Waals surface area contributed by atoms with Crippen molar-refractivity contribution in [3.8, 4) is 0 Å². The third-order valence-electron chi connectivity index (χ3n) is 5.39. The Morgan fingerprint density at radius 2 is 1.81 bits per heavy atom. The van der Waals surface area contributed by atoms with Crippen molar-refractivity contribution in [1.82, 2.24) is 9.97 Å². The van der Waals surface area contributed by atoms with Crippen LogP contribution in [-0.4, -0.2) is 35.7 Å². The second kappa shape index (κ2) is 6.00. The van der Waals surface area contributed by atoms with Crippen LogP contribution in [0.1, 0.15) is 37.1 Å². The normalized spacial score (nSPS) is 18.3. The number of benzene rings is 1. The molecule has 0 bridgehead atoms. The van der Waals surface area contributed by atoms with Crippen molar-refractivity contribution in [1.29, 1.82) is 0 Å². The largest absolute Gasteiger partial charge is 0.388 e. The van der Waals surface area contributed by atoms with Crippen molar-refractivity contribution in [2.75, 3.05) is 16.9 Å². The van der Waals surface area contributed by atoms with E-state index >= 15 is 0 Å². The molecular weight excluding hydrogens is 368 g/mol. The quantitative estimate of drug-likeness (QED) is 0.814. The number of anilines is 3. The number of carbonyl (C=O) groups excluding carboxylic acids is 1. The van der Waals surface area contributed by atoms with Gasteiger partial charge in [0, 0.05) is 6.26 Å². The molecule has 0 saturated heterocycles. The number of hydrogen-bond acceptors (Lipinski definition) is 7. The highest BCUT2D eigenvalue weighted by atomic mass is 32.2. The van der Waals surface area contributed by atoms with Crippen molar-refractivity contribution in [3.63, 3.8) is 0 Å². The van der Waals surface area contributed by atoms with Crippen LogP contribution in [-0.2, 0) is 26.7 Å². The minimum absolute atomic E-state index is 0.127. The van der Waals surface area contributed by atoms with Crippen LogP contribution in [0.3, 0.4) is 0 Å². The molecule has 2 heterocycles. The van der Waals surface area contributed by atoms with Crippen molar-refractivity contribution < 1.29 is 18.3 Å². The van der Waals surface area contributed by atoms with Crippen molar-refractivity contribution in [2.24, 2.45) is 0 Å². The number of fused-ring (bicyclic) bond motifs is 2. The maximum absolute atomic E-state index is 13.4. The van der Waals surface area contributed by atoms with Crippen LogP contribution in [0.4, 0.5) is 17.3 Å². The van der Waals surface area contributed by atoms with Crippen LogP contribution in [0.5, 0.6) is 0 Å². The number of amides is 1. The summed E-state index contributed by atoms with van der Waals surface area (Å²) in [6.07, 6.45) is 4.29. The Bertz CT molecular complexity index is 1030. The molecular formula is C18H20N4O4S. The van der Waals surface area contributed by atoms with Gasteiger partial charge in [-0.3, -0.25) is 9.69 Å². The van der Waals surface area contributed by atoms with Crippen molar-refractivity contribution in [3.05, 3.63) is 35.7 Å². The molecule has 4 rings (SSSR count). The lowest BCUT2D eigenvalue weighted by Gasteiger charge is -2.23. The smallest absolute Gasteiger partial charge is 0.243 e. The number of nitrogens with two attached hydrogens (primary N) is 1. The third-order valence-corrected chi connectivity index (χ3v) is 6.52. The predicted molar refractivity (Wildman–Crippen MR) is 99.2 cm³/mol. The highest BCUT2D eigenvalue weighted by molar-refractivity contribution is 7.90. The lowest BCUT2D eigenvalue weighted by molar-refractivity contribution is -0.122. The highest BCUT2D eigenvalue weighted by Gasteiger charge is 2.55. The number of carbonyl (C=O) groups is 1. The van der Waals surface area contributed by atoms with Crippen LogP contribution in [0.25, 0.3) is 0 Å². The molecule has 1 aliphatic heterocycles. The van der Waals surface area contributed by atoms with Gasteiger partial charge in [-0.15, -0.1) is 0 Å². The van der Waals surface area contributed by atoms with Gasteiger partial charge in [0.05, 0.1) is 21.6 Å². The number of aromatic nitrogens is 2. The molecule has 9 heteroatoms. The van der Waals surface area contributed by atoms with Crippen molar-refractivity contribution in [2.45, 2.75) is 42.6 Å². The van der Waals surface area contributed by atoms with E-state index in [-0.39, 0.29) is 29.1 Å². The number of hydrogen-bond donors (Lipinski definition) is 2. The van der Waals surface area contributed by atoms with E-state index in [2.05, 4.69) is 9.97 Å².